The van der Waals surface area contributed by atoms with Gasteiger partial charge in [-0.15, -0.1) is 0 Å². The van der Waals surface area contributed by atoms with Gasteiger partial charge in [-0.05, 0) is 37.1 Å². The molecule has 1 amide bonds. The smallest absolute Gasteiger partial charge is 0.233 e. The lowest BCUT2D eigenvalue weighted by Gasteiger charge is -2.29. The Hall–Kier alpha value is -2.63. The number of amides is 1. The molecule has 2 aromatic carbocycles. The molecule has 0 saturated heterocycles. The van der Waals surface area contributed by atoms with Crippen LogP contribution in [0.1, 0.15) is 32.6 Å². The van der Waals surface area contributed by atoms with Crippen LogP contribution in [0, 0.1) is 0 Å². The Balaban J connectivity index is 1.67. The third-order valence-corrected chi connectivity index (χ3v) is 5.99. The van der Waals surface area contributed by atoms with E-state index in [2.05, 4.69) is 10.3 Å². The van der Waals surface area contributed by atoms with Crippen molar-refractivity contribution in [2.75, 3.05) is 6.61 Å². The largest absolute Gasteiger partial charge is 0.474 e. The molecule has 1 aliphatic rings. The standard InChI is InChI=1S/C24H23Cl2N3O2/c1-16(30)29-24(12-2-3-13-24)15-31-21-14-27-22(17-4-8-19(25)9-5-17)23(28-21)18-6-10-20(26)11-7-18/h4-11,14H,2-3,12-13,15H2,1H3,(H,29,30). The number of nitrogens with zero attached hydrogens (tertiary/aromatic N) is 2. The molecule has 7 heteroatoms. The van der Waals surface area contributed by atoms with Crippen LogP contribution in [-0.2, 0) is 4.79 Å². The second-order valence-electron chi connectivity index (χ2n) is 7.88. The number of hydrogen-bond acceptors (Lipinski definition) is 4. The molecule has 31 heavy (non-hydrogen) atoms. The molecule has 1 N–H and O–H groups in total. The average Bonchev–Trinajstić information content (AvgIpc) is 3.21. The first-order valence-corrected chi connectivity index (χ1v) is 11.0. The van der Waals surface area contributed by atoms with E-state index < -0.39 is 0 Å². The predicted octanol–water partition coefficient (Wildman–Crippen LogP) is 5.95. The highest BCUT2D eigenvalue weighted by Gasteiger charge is 2.35. The highest BCUT2D eigenvalue weighted by molar-refractivity contribution is 6.31. The van der Waals surface area contributed by atoms with Gasteiger partial charge in [0.1, 0.15) is 12.3 Å². The molecule has 1 fully saturated rings. The number of carbonyl (C=O) groups is 1. The number of carbonyl (C=O) groups excluding carboxylic acids is 1. The summed E-state index contributed by atoms with van der Waals surface area (Å²) in [6, 6.07) is 14.9. The van der Waals surface area contributed by atoms with E-state index in [9.17, 15) is 4.79 Å². The van der Waals surface area contributed by atoms with Crippen molar-refractivity contribution in [2.45, 2.75) is 38.1 Å². The molecule has 1 aromatic heterocycles. The molecule has 3 aromatic rings. The van der Waals surface area contributed by atoms with Crippen LogP contribution in [0.3, 0.4) is 0 Å². The Bertz CT molecular complexity index is 1060. The molecule has 0 unspecified atom stereocenters. The Labute approximate surface area is 191 Å². The first-order valence-electron chi connectivity index (χ1n) is 10.2. The van der Waals surface area contributed by atoms with Crippen molar-refractivity contribution in [3.8, 4) is 28.4 Å². The van der Waals surface area contributed by atoms with Crippen molar-refractivity contribution in [3.63, 3.8) is 0 Å². The summed E-state index contributed by atoms with van der Waals surface area (Å²) in [4.78, 5) is 21.1. The van der Waals surface area contributed by atoms with Crippen molar-refractivity contribution in [1.82, 2.24) is 15.3 Å². The number of benzene rings is 2. The van der Waals surface area contributed by atoms with E-state index in [4.69, 9.17) is 32.9 Å². The molecule has 4 rings (SSSR count). The maximum absolute atomic E-state index is 11.7. The summed E-state index contributed by atoms with van der Waals surface area (Å²) in [5.74, 6) is 0.371. The predicted molar refractivity (Wildman–Crippen MR) is 123 cm³/mol. The summed E-state index contributed by atoms with van der Waals surface area (Å²) >= 11 is 12.1. The van der Waals surface area contributed by atoms with Crippen molar-refractivity contribution in [3.05, 3.63) is 64.8 Å². The Kier molecular flexibility index (Phi) is 6.44. The number of nitrogens with one attached hydrogen (secondary N) is 1. The van der Waals surface area contributed by atoms with Crippen LogP contribution in [0.25, 0.3) is 22.5 Å². The van der Waals surface area contributed by atoms with Gasteiger partial charge in [0.25, 0.3) is 0 Å². The highest BCUT2D eigenvalue weighted by Crippen LogP contribution is 2.33. The summed E-state index contributed by atoms with van der Waals surface area (Å²) in [6.45, 7) is 1.90. The number of halogens is 2. The summed E-state index contributed by atoms with van der Waals surface area (Å²) in [6.07, 6.45) is 5.56. The number of hydrogen-bond donors (Lipinski definition) is 1. The van der Waals surface area contributed by atoms with Crippen LogP contribution >= 0.6 is 23.2 Å². The normalized spacial score (nSPS) is 14.9. The van der Waals surface area contributed by atoms with E-state index in [1.807, 2.05) is 48.5 Å². The van der Waals surface area contributed by atoms with Crippen molar-refractivity contribution >= 4 is 29.1 Å². The number of rotatable bonds is 6. The lowest BCUT2D eigenvalue weighted by atomic mass is 9.99. The zero-order valence-corrected chi connectivity index (χ0v) is 18.7. The van der Waals surface area contributed by atoms with E-state index in [1.165, 1.54) is 0 Å². The maximum atomic E-state index is 11.7. The number of aromatic nitrogens is 2. The molecule has 1 saturated carbocycles. The lowest BCUT2D eigenvalue weighted by Crippen LogP contribution is -2.49. The van der Waals surface area contributed by atoms with Gasteiger partial charge in [0.15, 0.2) is 0 Å². The Morgan fingerprint density at radius 3 is 2.06 bits per heavy atom. The van der Waals surface area contributed by atoms with Crippen molar-refractivity contribution in [2.24, 2.45) is 0 Å². The molecular formula is C24H23Cl2N3O2. The van der Waals surface area contributed by atoms with E-state index >= 15 is 0 Å². The fourth-order valence-corrected chi connectivity index (χ4v) is 4.27. The van der Waals surface area contributed by atoms with Gasteiger partial charge in [-0.3, -0.25) is 4.79 Å². The third kappa shape index (κ3) is 5.17. The Morgan fingerprint density at radius 2 is 1.52 bits per heavy atom. The third-order valence-electron chi connectivity index (χ3n) is 5.48. The van der Waals surface area contributed by atoms with Crippen LogP contribution in [-0.4, -0.2) is 28.0 Å². The summed E-state index contributed by atoms with van der Waals surface area (Å²) in [7, 11) is 0. The molecule has 0 spiro atoms. The molecular weight excluding hydrogens is 433 g/mol. The Morgan fingerprint density at radius 1 is 0.968 bits per heavy atom. The minimum Gasteiger partial charge on any atom is -0.474 e. The van der Waals surface area contributed by atoms with Gasteiger partial charge in [-0.2, -0.15) is 0 Å². The molecule has 0 atom stereocenters. The molecule has 1 aliphatic carbocycles. The van der Waals surface area contributed by atoms with Crippen LogP contribution in [0.4, 0.5) is 0 Å². The van der Waals surface area contributed by atoms with Crippen molar-refractivity contribution < 1.29 is 9.53 Å². The minimum absolute atomic E-state index is 0.0449. The first kappa shape index (κ1) is 21.6. The van der Waals surface area contributed by atoms with Gasteiger partial charge >= 0.3 is 0 Å². The van der Waals surface area contributed by atoms with Crippen LogP contribution in [0.5, 0.6) is 5.88 Å². The molecule has 160 valence electrons. The van der Waals surface area contributed by atoms with Gasteiger partial charge in [-0.1, -0.05) is 60.3 Å². The second-order valence-corrected chi connectivity index (χ2v) is 8.75. The van der Waals surface area contributed by atoms with E-state index in [1.54, 1.807) is 13.1 Å². The minimum atomic E-state index is -0.344. The van der Waals surface area contributed by atoms with E-state index in [-0.39, 0.29) is 11.4 Å². The van der Waals surface area contributed by atoms with Crippen molar-refractivity contribution in [1.29, 1.82) is 0 Å². The zero-order chi connectivity index (χ0) is 21.8. The van der Waals surface area contributed by atoms with Crippen LogP contribution in [0.2, 0.25) is 10.0 Å². The van der Waals surface area contributed by atoms with Gasteiger partial charge in [0.05, 0.1) is 17.4 Å². The molecule has 0 bridgehead atoms. The van der Waals surface area contributed by atoms with Gasteiger partial charge < -0.3 is 10.1 Å². The highest BCUT2D eigenvalue weighted by atomic mass is 35.5. The maximum Gasteiger partial charge on any atom is 0.233 e. The molecule has 0 radical (unpaired) electrons. The van der Waals surface area contributed by atoms with Gasteiger partial charge in [0, 0.05) is 28.1 Å². The SMILES string of the molecule is CC(=O)NC1(COc2cnc(-c3ccc(Cl)cc3)c(-c3ccc(Cl)cc3)n2)CCCC1. The summed E-state index contributed by atoms with van der Waals surface area (Å²) in [5, 5.41) is 4.39. The average molecular weight is 456 g/mol. The molecule has 0 aliphatic heterocycles. The fraction of sp³-hybridized carbons (Fsp3) is 0.292. The quantitative estimate of drug-likeness (QED) is 0.498. The second kappa shape index (κ2) is 9.25. The summed E-state index contributed by atoms with van der Waals surface area (Å²) in [5.41, 5.74) is 2.85. The molecule has 1 heterocycles. The van der Waals surface area contributed by atoms with Crippen LogP contribution < -0.4 is 10.1 Å². The van der Waals surface area contributed by atoms with E-state index in [0.29, 0.717) is 28.2 Å². The van der Waals surface area contributed by atoms with Gasteiger partial charge in [0.2, 0.25) is 11.8 Å². The zero-order valence-electron chi connectivity index (χ0n) is 17.2. The topological polar surface area (TPSA) is 64.1 Å². The summed E-state index contributed by atoms with van der Waals surface area (Å²) < 4.78 is 6.05. The van der Waals surface area contributed by atoms with Gasteiger partial charge in [-0.25, -0.2) is 9.97 Å². The van der Waals surface area contributed by atoms with E-state index in [0.717, 1.165) is 42.5 Å². The monoisotopic (exact) mass is 455 g/mol. The fourth-order valence-electron chi connectivity index (χ4n) is 4.01. The van der Waals surface area contributed by atoms with Crippen LogP contribution in [0.15, 0.2) is 54.7 Å². The first-order chi connectivity index (χ1) is 14.9. The lowest BCUT2D eigenvalue weighted by molar-refractivity contribution is -0.121. The number of ether oxygens (including phenoxy) is 1. The molecule has 5 nitrogen and oxygen atoms in total.